The molecule has 0 atom stereocenters. The smallest absolute Gasteiger partial charge is 0.243 e. The van der Waals surface area contributed by atoms with E-state index in [1.807, 2.05) is 43.3 Å². The molecule has 0 radical (unpaired) electrons. The molecule has 0 aromatic heterocycles. The number of benzene rings is 2. The number of amides is 1. The second kappa shape index (κ2) is 9.33. The van der Waals surface area contributed by atoms with Gasteiger partial charge in [-0.2, -0.15) is 0 Å². The van der Waals surface area contributed by atoms with Crippen LogP contribution in [0.25, 0.3) is 0 Å². The fourth-order valence-corrected chi connectivity index (χ4v) is 2.32. The highest BCUT2D eigenvalue weighted by Crippen LogP contribution is 2.20. The third-order valence-corrected chi connectivity index (χ3v) is 4.13. The molecule has 2 aromatic carbocycles. The first-order valence-corrected chi connectivity index (χ1v) is 8.84. The lowest BCUT2D eigenvalue weighted by Crippen LogP contribution is -2.21. The molecule has 134 valence electrons. The molecule has 0 aliphatic heterocycles. The van der Waals surface area contributed by atoms with E-state index in [0.717, 1.165) is 23.4 Å². The molecular formula is C20H25ClN2O2. The molecule has 0 spiro atoms. The number of carbonyl (C=O) groups excluding carboxylic acids is 1. The standard InChI is InChI=1S/C20H25ClN2O2/c1-14(2)10-11-25-18-8-6-16(7-9-18)22-13-20(24)23-17-5-4-15(3)19(21)12-17/h4-9,12,14,22H,10-11,13H2,1-3H3,(H,23,24). The van der Waals surface area contributed by atoms with Crippen molar-refractivity contribution in [1.82, 2.24) is 0 Å². The average molecular weight is 361 g/mol. The summed E-state index contributed by atoms with van der Waals surface area (Å²) in [6, 6.07) is 13.1. The quantitative estimate of drug-likeness (QED) is 0.686. The van der Waals surface area contributed by atoms with Crippen molar-refractivity contribution < 1.29 is 9.53 Å². The van der Waals surface area contributed by atoms with Crippen molar-refractivity contribution in [2.24, 2.45) is 5.92 Å². The molecule has 2 N–H and O–H groups in total. The van der Waals surface area contributed by atoms with Gasteiger partial charge in [-0.15, -0.1) is 0 Å². The van der Waals surface area contributed by atoms with Gasteiger partial charge in [0, 0.05) is 16.4 Å². The fraction of sp³-hybridized carbons (Fsp3) is 0.350. The molecule has 0 aliphatic carbocycles. The van der Waals surface area contributed by atoms with Gasteiger partial charge in [0.2, 0.25) is 5.91 Å². The van der Waals surface area contributed by atoms with Crippen molar-refractivity contribution >= 4 is 28.9 Å². The maximum absolute atomic E-state index is 12.0. The van der Waals surface area contributed by atoms with Crippen LogP contribution in [-0.2, 0) is 4.79 Å². The van der Waals surface area contributed by atoms with E-state index in [0.29, 0.717) is 23.2 Å². The summed E-state index contributed by atoms with van der Waals surface area (Å²) in [5.74, 6) is 1.34. The zero-order chi connectivity index (χ0) is 18.2. The summed E-state index contributed by atoms with van der Waals surface area (Å²) in [7, 11) is 0. The summed E-state index contributed by atoms with van der Waals surface area (Å²) in [6.45, 7) is 7.16. The Hall–Kier alpha value is -2.20. The van der Waals surface area contributed by atoms with Crippen LogP contribution in [0.2, 0.25) is 5.02 Å². The third-order valence-electron chi connectivity index (χ3n) is 3.73. The Kier molecular flexibility index (Phi) is 7.14. The number of ether oxygens (including phenoxy) is 1. The minimum absolute atomic E-state index is 0.128. The molecular weight excluding hydrogens is 336 g/mol. The number of hydrogen-bond acceptors (Lipinski definition) is 3. The minimum Gasteiger partial charge on any atom is -0.494 e. The molecule has 2 aromatic rings. The van der Waals surface area contributed by atoms with E-state index in [1.165, 1.54) is 0 Å². The van der Waals surface area contributed by atoms with Gasteiger partial charge >= 0.3 is 0 Å². The number of rotatable bonds is 8. The van der Waals surface area contributed by atoms with Gasteiger partial charge in [0.05, 0.1) is 13.2 Å². The normalized spacial score (nSPS) is 10.6. The van der Waals surface area contributed by atoms with Crippen LogP contribution in [0.4, 0.5) is 11.4 Å². The van der Waals surface area contributed by atoms with Crippen molar-refractivity contribution in [3.8, 4) is 5.75 Å². The van der Waals surface area contributed by atoms with E-state index in [2.05, 4.69) is 24.5 Å². The number of carbonyl (C=O) groups is 1. The van der Waals surface area contributed by atoms with Gasteiger partial charge in [-0.25, -0.2) is 0 Å². The molecule has 0 unspecified atom stereocenters. The molecule has 2 rings (SSSR count). The first-order chi connectivity index (χ1) is 11.9. The van der Waals surface area contributed by atoms with Crippen LogP contribution in [0.1, 0.15) is 25.8 Å². The molecule has 4 nitrogen and oxygen atoms in total. The van der Waals surface area contributed by atoms with Crippen LogP contribution in [0.3, 0.4) is 0 Å². The highest BCUT2D eigenvalue weighted by Gasteiger charge is 2.04. The fourth-order valence-electron chi connectivity index (χ4n) is 2.14. The van der Waals surface area contributed by atoms with Crippen molar-refractivity contribution in [2.75, 3.05) is 23.8 Å². The Bertz CT molecular complexity index is 699. The zero-order valence-electron chi connectivity index (χ0n) is 14.9. The molecule has 0 bridgehead atoms. The number of nitrogens with one attached hydrogen (secondary N) is 2. The van der Waals surface area contributed by atoms with Crippen molar-refractivity contribution in [3.63, 3.8) is 0 Å². The van der Waals surface area contributed by atoms with Gasteiger partial charge in [0.1, 0.15) is 5.75 Å². The summed E-state index contributed by atoms with van der Waals surface area (Å²) in [5, 5.41) is 6.55. The van der Waals surface area contributed by atoms with E-state index < -0.39 is 0 Å². The van der Waals surface area contributed by atoms with Crippen LogP contribution >= 0.6 is 11.6 Å². The van der Waals surface area contributed by atoms with E-state index in [1.54, 1.807) is 6.07 Å². The van der Waals surface area contributed by atoms with Crippen LogP contribution in [0.15, 0.2) is 42.5 Å². The van der Waals surface area contributed by atoms with E-state index in [9.17, 15) is 4.79 Å². The average Bonchev–Trinajstić information content (AvgIpc) is 2.57. The maximum Gasteiger partial charge on any atom is 0.243 e. The first kappa shape index (κ1) is 19.1. The van der Waals surface area contributed by atoms with Gasteiger partial charge in [-0.1, -0.05) is 31.5 Å². The monoisotopic (exact) mass is 360 g/mol. The summed E-state index contributed by atoms with van der Waals surface area (Å²) in [6.07, 6.45) is 1.03. The lowest BCUT2D eigenvalue weighted by atomic mass is 10.1. The molecule has 25 heavy (non-hydrogen) atoms. The number of hydrogen-bond donors (Lipinski definition) is 2. The predicted octanol–water partition coefficient (Wildman–Crippen LogP) is 5.12. The molecule has 1 amide bonds. The zero-order valence-corrected chi connectivity index (χ0v) is 15.7. The number of anilines is 2. The third kappa shape index (κ3) is 6.67. The van der Waals surface area contributed by atoms with Crippen LogP contribution in [-0.4, -0.2) is 19.1 Å². The summed E-state index contributed by atoms with van der Waals surface area (Å²) in [4.78, 5) is 12.0. The molecule has 0 heterocycles. The Morgan fingerprint density at radius 1 is 1.12 bits per heavy atom. The second-order valence-corrected chi connectivity index (χ2v) is 6.83. The van der Waals surface area contributed by atoms with Gasteiger partial charge in [0.15, 0.2) is 0 Å². The summed E-state index contributed by atoms with van der Waals surface area (Å²) >= 11 is 6.06. The Labute approximate surface area is 154 Å². The van der Waals surface area contributed by atoms with Crippen molar-refractivity contribution in [2.45, 2.75) is 27.2 Å². The first-order valence-electron chi connectivity index (χ1n) is 8.47. The Morgan fingerprint density at radius 3 is 2.44 bits per heavy atom. The van der Waals surface area contributed by atoms with E-state index >= 15 is 0 Å². The largest absolute Gasteiger partial charge is 0.494 e. The summed E-state index contributed by atoms with van der Waals surface area (Å²) in [5.41, 5.74) is 2.54. The van der Waals surface area contributed by atoms with Crippen LogP contribution in [0.5, 0.6) is 5.75 Å². The van der Waals surface area contributed by atoms with Gasteiger partial charge in [-0.05, 0) is 61.2 Å². The Morgan fingerprint density at radius 2 is 1.80 bits per heavy atom. The van der Waals surface area contributed by atoms with Crippen LogP contribution in [0, 0.1) is 12.8 Å². The SMILES string of the molecule is Cc1ccc(NC(=O)CNc2ccc(OCCC(C)C)cc2)cc1Cl. The van der Waals surface area contributed by atoms with E-state index in [4.69, 9.17) is 16.3 Å². The predicted molar refractivity (Wildman–Crippen MR) is 105 cm³/mol. The summed E-state index contributed by atoms with van der Waals surface area (Å²) < 4.78 is 5.68. The highest BCUT2D eigenvalue weighted by molar-refractivity contribution is 6.31. The second-order valence-electron chi connectivity index (χ2n) is 6.42. The van der Waals surface area contributed by atoms with Gasteiger partial charge in [-0.3, -0.25) is 4.79 Å². The molecule has 0 saturated carbocycles. The van der Waals surface area contributed by atoms with Crippen molar-refractivity contribution in [3.05, 3.63) is 53.1 Å². The topological polar surface area (TPSA) is 50.4 Å². The maximum atomic E-state index is 12.0. The molecule has 5 heteroatoms. The number of halogens is 1. The highest BCUT2D eigenvalue weighted by atomic mass is 35.5. The lowest BCUT2D eigenvalue weighted by molar-refractivity contribution is -0.114. The lowest BCUT2D eigenvalue weighted by Gasteiger charge is -2.10. The molecule has 0 aliphatic rings. The van der Waals surface area contributed by atoms with Crippen LogP contribution < -0.4 is 15.4 Å². The van der Waals surface area contributed by atoms with Crippen molar-refractivity contribution in [1.29, 1.82) is 0 Å². The van der Waals surface area contributed by atoms with Gasteiger partial charge < -0.3 is 15.4 Å². The molecule has 0 saturated heterocycles. The molecule has 0 fully saturated rings. The van der Waals surface area contributed by atoms with Gasteiger partial charge in [0.25, 0.3) is 0 Å². The Balaban J connectivity index is 1.78. The van der Waals surface area contributed by atoms with E-state index in [-0.39, 0.29) is 12.5 Å². The number of aryl methyl sites for hydroxylation is 1. The minimum atomic E-state index is -0.128.